The highest BCUT2D eigenvalue weighted by Gasteiger charge is 2.34. The van der Waals surface area contributed by atoms with Crippen LogP contribution in [-0.2, 0) is 31.0 Å². The fourth-order valence-electron chi connectivity index (χ4n) is 7.51. The number of nitrogens with zero attached hydrogens (tertiary/aromatic N) is 2. The molecular formula is C49H66N8O7. The lowest BCUT2D eigenvalue weighted by molar-refractivity contribution is -0.142. The van der Waals surface area contributed by atoms with Crippen molar-refractivity contribution in [3.05, 3.63) is 113 Å². The Morgan fingerprint density at radius 3 is 2.06 bits per heavy atom. The van der Waals surface area contributed by atoms with E-state index in [2.05, 4.69) is 49.9 Å². The van der Waals surface area contributed by atoms with Crippen LogP contribution in [0, 0.1) is 0 Å². The lowest BCUT2D eigenvalue weighted by Crippen LogP contribution is -2.52. The highest BCUT2D eigenvalue weighted by atomic mass is 16.5. The van der Waals surface area contributed by atoms with Gasteiger partial charge in [0, 0.05) is 43.4 Å². The van der Waals surface area contributed by atoms with Gasteiger partial charge in [0.25, 0.3) is 5.91 Å². The summed E-state index contributed by atoms with van der Waals surface area (Å²) >= 11 is 0. The molecule has 3 aromatic carbocycles. The molecule has 1 aliphatic heterocycles. The second-order valence-electron chi connectivity index (χ2n) is 17.2. The maximum Gasteiger partial charge on any atom is 0.326 e. The Hall–Kier alpha value is -6.29. The van der Waals surface area contributed by atoms with Crippen LogP contribution in [0.5, 0.6) is 11.5 Å². The zero-order chi connectivity index (χ0) is 47.5. The first-order chi connectivity index (χ1) is 30.2. The van der Waals surface area contributed by atoms with Crippen molar-refractivity contribution in [2.24, 2.45) is 22.2 Å². The number of nitrogens with one attached hydrogen (secondary N) is 3. The Balaban J connectivity index is 1.80. The van der Waals surface area contributed by atoms with Crippen molar-refractivity contribution in [2.45, 2.75) is 90.9 Å². The first-order valence-corrected chi connectivity index (χ1v) is 21.4. The minimum absolute atomic E-state index is 0.0282. The summed E-state index contributed by atoms with van der Waals surface area (Å²) in [6, 6.07) is 14.2. The minimum Gasteiger partial charge on any atom is -0.492 e. The van der Waals surface area contributed by atoms with Crippen LogP contribution >= 0.6 is 0 Å². The van der Waals surface area contributed by atoms with Gasteiger partial charge in [0.2, 0.25) is 11.8 Å². The van der Waals surface area contributed by atoms with Gasteiger partial charge < -0.3 is 52.6 Å². The van der Waals surface area contributed by atoms with Crippen molar-refractivity contribution in [3.8, 4) is 22.6 Å². The predicted octanol–water partition coefficient (Wildman–Crippen LogP) is 4.74. The monoisotopic (exact) mass is 879 g/mol. The normalized spacial score (nSPS) is 17.2. The summed E-state index contributed by atoms with van der Waals surface area (Å²) in [6.45, 7) is 22.6. The van der Waals surface area contributed by atoms with E-state index in [9.17, 15) is 24.3 Å². The third kappa shape index (κ3) is 12.7. The van der Waals surface area contributed by atoms with E-state index in [1.807, 2.05) is 30.3 Å². The number of carbonyl (C=O) groups excluding carboxylic acids is 3. The Labute approximate surface area is 377 Å². The summed E-state index contributed by atoms with van der Waals surface area (Å²) in [7, 11) is 1.57. The molecule has 0 radical (unpaired) electrons. The van der Waals surface area contributed by atoms with Gasteiger partial charge in [0.1, 0.15) is 42.8 Å². The molecule has 10 N–H and O–H groups in total. The standard InChI is InChI=1S/C49H66N8O7/c1-28(2)43(30(4)53-29(3)34-12-15-36(16-13-34)49(7,8)9)46(59)55-39(19-20-50)47(60)57(10)44-31(5)54-32(6)45(58)56-40(48(61)62)26-33-11-17-41(63-23-21-51)37(25-33)38-27-35(44)14-18-42(38)64-24-22-52/h11-18,25,27,32,39-40,44,54H,3,5,19-24,26,50-52H2,1-2,4,6-10H3,(H,55,59)(H,56,58)(H,61,62)/t32-,39-,40?,44?/m0/s1. The van der Waals surface area contributed by atoms with Crippen molar-refractivity contribution in [2.75, 3.05) is 39.9 Å². The molecule has 1 heterocycles. The molecule has 0 spiro atoms. The van der Waals surface area contributed by atoms with E-state index < -0.39 is 47.9 Å². The average Bonchev–Trinajstić information content (AvgIpc) is 3.23. The topological polar surface area (TPSA) is 237 Å². The van der Waals surface area contributed by atoms with Crippen molar-refractivity contribution < 1.29 is 33.8 Å². The maximum absolute atomic E-state index is 14.8. The SMILES string of the molecule is C=C(N=C(C)C(C(=O)N[C@@H](CCN)C(=O)N(C)C1C(=C)N[C@@H](C)C(=O)NC(C(=O)O)Cc2ccc(OCCN)c(c2)-c2cc1ccc2OCCN)=C(C)C)c1ccc(C(C)(C)C)cc1. The van der Waals surface area contributed by atoms with E-state index in [1.165, 1.54) is 4.90 Å². The van der Waals surface area contributed by atoms with Crippen LogP contribution < -0.4 is 42.6 Å². The number of carbonyl (C=O) groups is 4. The Bertz CT molecular complexity index is 2270. The first-order valence-electron chi connectivity index (χ1n) is 21.4. The molecule has 344 valence electrons. The number of fused-ring (bicyclic) bond motifs is 5. The zero-order valence-corrected chi connectivity index (χ0v) is 38.5. The van der Waals surface area contributed by atoms with Crippen molar-refractivity contribution in [3.63, 3.8) is 0 Å². The largest absolute Gasteiger partial charge is 0.492 e. The third-order valence-corrected chi connectivity index (χ3v) is 10.9. The number of aliphatic carboxylic acids is 1. The van der Waals surface area contributed by atoms with E-state index in [0.29, 0.717) is 56.3 Å². The van der Waals surface area contributed by atoms with Gasteiger partial charge in [0.15, 0.2) is 0 Å². The highest BCUT2D eigenvalue weighted by molar-refractivity contribution is 6.22. The Morgan fingerprint density at radius 2 is 1.52 bits per heavy atom. The summed E-state index contributed by atoms with van der Waals surface area (Å²) in [5.41, 5.74) is 24.1. The molecule has 0 saturated carbocycles. The number of hydrogen-bond acceptors (Lipinski definition) is 11. The molecule has 0 aromatic heterocycles. The van der Waals surface area contributed by atoms with Crippen molar-refractivity contribution >= 4 is 35.1 Å². The van der Waals surface area contributed by atoms with Crippen molar-refractivity contribution in [1.82, 2.24) is 20.9 Å². The molecule has 0 fully saturated rings. The van der Waals surface area contributed by atoms with Gasteiger partial charge in [-0.3, -0.25) is 19.4 Å². The molecule has 0 aliphatic carbocycles. The Kier molecular flexibility index (Phi) is 17.6. The highest BCUT2D eigenvalue weighted by Crippen LogP contribution is 2.41. The minimum atomic E-state index is -1.28. The van der Waals surface area contributed by atoms with E-state index in [1.54, 1.807) is 65.1 Å². The number of amides is 3. The number of hydrogen-bond donors (Lipinski definition) is 7. The number of nitrogens with two attached hydrogens (primary N) is 3. The molecule has 15 heteroatoms. The fraction of sp³-hybridized carbons (Fsp3) is 0.408. The molecule has 0 saturated heterocycles. The van der Waals surface area contributed by atoms with E-state index >= 15 is 0 Å². The van der Waals surface area contributed by atoms with Crippen LogP contribution in [0.25, 0.3) is 16.8 Å². The number of benzene rings is 3. The van der Waals surface area contributed by atoms with Crippen LogP contribution in [0.2, 0.25) is 0 Å². The summed E-state index contributed by atoms with van der Waals surface area (Å²) in [6.07, 6.45) is 0.0491. The van der Waals surface area contributed by atoms with Crippen LogP contribution in [-0.4, -0.2) is 97.4 Å². The molecule has 3 aromatic rings. The van der Waals surface area contributed by atoms with E-state index in [4.69, 9.17) is 31.7 Å². The van der Waals surface area contributed by atoms with Gasteiger partial charge in [-0.25, -0.2) is 4.79 Å². The van der Waals surface area contributed by atoms with Crippen LogP contribution in [0.15, 0.2) is 95.7 Å². The number of ether oxygens (including phenoxy) is 2. The van der Waals surface area contributed by atoms with Crippen LogP contribution in [0.1, 0.15) is 83.2 Å². The summed E-state index contributed by atoms with van der Waals surface area (Å²) in [4.78, 5) is 61.2. The molecule has 4 rings (SSSR count). The lowest BCUT2D eigenvalue weighted by atomic mass is 9.86. The second-order valence-corrected chi connectivity index (χ2v) is 17.2. The number of carboxylic acid groups (broad SMARTS) is 1. The van der Waals surface area contributed by atoms with Crippen LogP contribution in [0.4, 0.5) is 0 Å². The molecular weight excluding hydrogens is 813 g/mol. The average molecular weight is 879 g/mol. The first kappa shape index (κ1) is 50.4. The van der Waals surface area contributed by atoms with Crippen molar-refractivity contribution in [1.29, 1.82) is 0 Å². The number of allylic oxidation sites excluding steroid dienone is 1. The zero-order valence-electron chi connectivity index (χ0n) is 38.5. The smallest absolute Gasteiger partial charge is 0.326 e. The molecule has 4 atom stereocenters. The lowest BCUT2D eigenvalue weighted by Gasteiger charge is -2.35. The predicted molar refractivity (Wildman–Crippen MR) is 253 cm³/mol. The maximum atomic E-state index is 14.8. The molecule has 4 bridgehead atoms. The summed E-state index contributed by atoms with van der Waals surface area (Å²) in [5, 5.41) is 18.9. The number of carboxylic acids is 1. The summed E-state index contributed by atoms with van der Waals surface area (Å²) < 4.78 is 12.2. The van der Waals surface area contributed by atoms with Gasteiger partial charge in [-0.2, -0.15) is 0 Å². The molecule has 3 amide bonds. The van der Waals surface area contributed by atoms with Gasteiger partial charge in [-0.05, 0) is 92.6 Å². The number of likely N-dealkylation sites (N-methyl/N-ethyl adjacent to an activating group) is 1. The third-order valence-electron chi connectivity index (χ3n) is 10.9. The van der Waals surface area contributed by atoms with Gasteiger partial charge >= 0.3 is 5.97 Å². The number of rotatable bonds is 16. The number of aliphatic imine (C=N–C) groups is 1. The molecule has 64 heavy (non-hydrogen) atoms. The van der Waals surface area contributed by atoms with Gasteiger partial charge in [-0.1, -0.05) is 75.9 Å². The van der Waals surface area contributed by atoms with Gasteiger partial charge in [0.05, 0.1) is 23.0 Å². The summed E-state index contributed by atoms with van der Waals surface area (Å²) in [5.74, 6) is -1.96. The molecule has 15 nitrogen and oxygen atoms in total. The van der Waals surface area contributed by atoms with Gasteiger partial charge in [-0.15, -0.1) is 0 Å². The molecule has 1 aliphatic rings. The quantitative estimate of drug-likeness (QED) is 0.0766. The fourth-order valence-corrected chi connectivity index (χ4v) is 7.51. The molecule has 2 unspecified atom stereocenters. The van der Waals surface area contributed by atoms with E-state index in [-0.39, 0.29) is 56.8 Å². The van der Waals surface area contributed by atoms with E-state index in [0.717, 1.165) is 11.1 Å². The second kappa shape index (κ2) is 22.4. The van der Waals surface area contributed by atoms with Crippen LogP contribution in [0.3, 0.4) is 0 Å². The Morgan fingerprint density at radius 1 is 0.922 bits per heavy atom.